The summed E-state index contributed by atoms with van der Waals surface area (Å²) in [6.07, 6.45) is 0.863. The molecule has 0 spiro atoms. The number of hydrogen-bond acceptors (Lipinski definition) is 3. The Morgan fingerprint density at radius 3 is 2.63 bits per heavy atom. The molecule has 1 saturated carbocycles. The molecule has 0 N–H and O–H groups in total. The van der Waals surface area contributed by atoms with Crippen molar-refractivity contribution in [3.05, 3.63) is 36.2 Å². The van der Waals surface area contributed by atoms with E-state index in [9.17, 15) is 0 Å². The second-order valence-electron chi connectivity index (χ2n) is 4.67. The predicted molar refractivity (Wildman–Crippen MR) is 79.4 cm³/mol. The molecule has 1 heterocycles. The zero-order valence-electron chi connectivity index (χ0n) is 10.4. The molecule has 1 atom stereocenters. The van der Waals surface area contributed by atoms with Crippen LogP contribution in [0.3, 0.4) is 0 Å². The summed E-state index contributed by atoms with van der Waals surface area (Å²) in [7, 11) is 0. The lowest BCUT2D eigenvalue weighted by molar-refractivity contribution is 0.862. The highest BCUT2D eigenvalue weighted by molar-refractivity contribution is 7.99. The van der Waals surface area contributed by atoms with Crippen molar-refractivity contribution in [2.75, 3.05) is 5.75 Å². The monoisotopic (exact) mass is 313 g/mol. The third-order valence-corrected chi connectivity index (χ3v) is 5.20. The number of halogens is 2. The molecule has 100 valence electrons. The molecule has 0 saturated heterocycles. The maximum absolute atomic E-state index is 6.04. The SMILES string of the molecule is Cc1nnc(SCC2CC2(Cl)Cl)n1-c1ccccc1. The second-order valence-corrected chi connectivity index (χ2v) is 7.20. The molecule has 1 aromatic carbocycles. The minimum absolute atomic E-state index is 0.349. The highest BCUT2D eigenvalue weighted by atomic mass is 35.5. The van der Waals surface area contributed by atoms with Crippen LogP contribution in [-0.2, 0) is 0 Å². The second kappa shape index (κ2) is 5.00. The number of para-hydroxylation sites is 1. The lowest BCUT2D eigenvalue weighted by atomic mass is 10.3. The van der Waals surface area contributed by atoms with E-state index in [4.69, 9.17) is 23.2 Å². The number of aromatic nitrogens is 3. The van der Waals surface area contributed by atoms with Gasteiger partial charge in [-0.1, -0.05) is 30.0 Å². The smallest absolute Gasteiger partial charge is 0.195 e. The Morgan fingerprint density at radius 2 is 2.00 bits per heavy atom. The normalized spacial score (nSPS) is 20.5. The molecular formula is C13H13Cl2N3S. The molecule has 1 aromatic heterocycles. The molecule has 3 rings (SSSR count). The minimum Gasteiger partial charge on any atom is -0.274 e. The molecule has 1 aliphatic rings. The number of aryl methyl sites for hydroxylation is 1. The van der Waals surface area contributed by atoms with Gasteiger partial charge in [-0.15, -0.1) is 33.4 Å². The van der Waals surface area contributed by atoms with E-state index in [-0.39, 0.29) is 0 Å². The largest absolute Gasteiger partial charge is 0.274 e. The van der Waals surface area contributed by atoms with Crippen LogP contribution >= 0.6 is 35.0 Å². The Hall–Kier alpha value is -0.710. The molecule has 3 nitrogen and oxygen atoms in total. The molecular weight excluding hydrogens is 301 g/mol. The van der Waals surface area contributed by atoms with Gasteiger partial charge in [-0.05, 0) is 25.5 Å². The summed E-state index contributed by atoms with van der Waals surface area (Å²) in [6, 6.07) is 10.1. The van der Waals surface area contributed by atoms with Crippen molar-refractivity contribution in [1.82, 2.24) is 14.8 Å². The summed E-state index contributed by atoms with van der Waals surface area (Å²) >= 11 is 13.7. The highest BCUT2D eigenvalue weighted by Gasteiger charge is 2.51. The number of alkyl halides is 2. The fourth-order valence-electron chi connectivity index (χ4n) is 1.94. The van der Waals surface area contributed by atoms with Gasteiger partial charge in [0.1, 0.15) is 10.2 Å². The van der Waals surface area contributed by atoms with Crippen LogP contribution in [0.15, 0.2) is 35.5 Å². The van der Waals surface area contributed by atoms with Crippen molar-refractivity contribution >= 4 is 35.0 Å². The van der Waals surface area contributed by atoms with Gasteiger partial charge in [0.15, 0.2) is 5.16 Å². The van der Waals surface area contributed by atoms with Crippen molar-refractivity contribution < 1.29 is 0 Å². The first-order valence-corrected chi connectivity index (χ1v) is 7.80. The van der Waals surface area contributed by atoms with Crippen molar-refractivity contribution in [2.24, 2.45) is 5.92 Å². The van der Waals surface area contributed by atoms with Crippen LogP contribution in [-0.4, -0.2) is 24.9 Å². The first-order chi connectivity index (χ1) is 9.08. The van der Waals surface area contributed by atoms with Gasteiger partial charge in [-0.2, -0.15) is 0 Å². The van der Waals surface area contributed by atoms with Gasteiger partial charge in [-0.25, -0.2) is 0 Å². The zero-order valence-corrected chi connectivity index (χ0v) is 12.7. The predicted octanol–water partition coefficient (Wildman–Crippen LogP) is 3.86. The van der Waals surface area contributed by atoms with Crippen LogP contribution in [0, 0.1) is 12.8 Å². The molecule has 6 heteroatoms. The molecule has 0 aliphatic heterocycles. The standard InChI is InChI=1S/C13H13Cl2N3S/c1-9-16-17-12(19-8-10-7-13(10,14)15)18(9)11-5-3-2-4-6-11/h2-6,10H,7-8H2,1H3. The number of rotatable bonds is 4. The molecule has 2 aromatic rings. The Morgan fingerprint density at radius 1 is 1.32 bits per heavy atom. The van der Waals surface area contributed by atoms with Gasteiger partial charge in [0.25, 0.3) is 0 Å². The van der Waals surface area contributed by atoms with Gasteiger partial charge in [-0.3, -0.25) is 4.57 Å². The van der Waals surface area contributed by atoms with E-state index < -0.39 is 4.33 Å². The van der Waals surface area contributed by atoms with E-state index in [0.717, 1.165) is 28.8 Å². The Bertz CT molecular complexity index is 583. The van der Waals surface area contributed by atoms with Crippen LogP contribution in [0.2, 0.25) is 0 Å². The van der Waals surface area contributed by atoms with Crippen LogP contribution in [0.4, 0.5) is 0 Å². The summed E-state index contributed by atoms with van der Waals surface area (Å²) in [5.41, 5.74) is 1.08. The quantitative estimate of drug-likeness (QED) is 0.634. The summed E-state index contributed by atoms with van der Waals surface area (Å²) in [5.74, 6) is 2.10. The molecule has 19 heavy (non-hydrogen) atoms. The average molecular weight is 314 g/mol. The highest BCUT2D eigenvalue weighted by Crippen LogP contribution is 2.54. The first kappa shape index (κ1) is 13.3. The van der Waals surface area contributed by atoms with Crippen LogP contribution in [0.5, 0.6) is 0 Å². The fraction of sp³-hybridized carbons (Fsp3) is 0.385. The Balaban J connectivity index is 1.79. The summed E-state index contributed by atoms with van der Waals surface area (Å²) in [6.45, 7) is 1.95. The van der Waals surface area contributed by atoms with Crippen LogP contribution in [0.25, 0.3) is 5.69 Å². The topological polar surface area (TPSA) is 30.7 Å². The third kappa shape index (κ3) is 2.76. The van der Waals surface area contributed by atoms with Gasteiger partial charge < -0.3 is 0 Å². The minimum atomic E-state index is -0.528. The lowest BCUT2D eigenvalue weighted by Crippen LogP contribution is -2.00. The fourth-order valence-corrected chi connectivity index (χ4v) is 3.86. The lowest BCUT2D eigenvalue weighted by Gasteiger charge is -2.07. The molecule has 0 bridgehead atoms. The zero-order chi connectivity index (χ0) is 13.5. The van der Waals surface area contributed by atoms with E-state index in [2.05, 4.69) is 14.8 Å². The number of thioether (sulfide) groups is 1. The van der Waals surface area contributed by atoms with E-state index in [1.807, 2.05) is 37.3 Å². The third-order valence-electron chi connectivity index (χ3n) is 3.18. The molecule has 0 radical (unpaired) electrons. The van der Waals surface area contributed by atoms with Gasteiger partial charge >= 0.3 is 0 Å². The van der Waals surface area contributed by atoms with E-state index in [1.165, 1.54) is 0 Å². The van der Waals surface area contributed by atoms with Crippen LogP contribution in [0.1, 0.15) is 12.2 Å². The maximum Gasteiger partial charge on any atom is 0.195 e. The van der Waals surface area contributed by atoms with Crippen molar-refractivity contribution in [3.63, 3.8) is 0 Å². The van der Waals surface area contributed by atoms with Crippen LogP contribution < -0.4 is 0 Å². The van der Waals surface area contributed by atoms with Gasteiger partial charge in [0.2, 0.25) is 0 Å². The average Bonchev–Trinajstić information content (AvgIpc) is 2.84. The summed E-state index contributed by atoms with van der Waals surface area (Å²) < 4.78 is 1.52. The maximum atomic E-state index is 6.04. The first-order valence-electron chi connectivity index (χ1n) is 6.06. The van der Waals surface area contributed by atoms with Crippen molar-refractivity contribution in [2.45, 2.75) is 22.8 Å². The van der Waals surface area contributed by atoms with E-state index in [0.29, 0.717) is 5.92 Å². The van der Waals surface area contributed by atoms with Crippen molar-refractivity contribution in [1.29, 1.82) is 0 Å². The van der Waals surface area contributed by atoms with Gasteiger partial charge in [0.05, 0.1) is 0 Å². The summed E-state index contributed by atoms with van der Waals surface area (Å²) in [4.78, 5) is 0. The number of benzene rings is 1. The van der Waals surface area contributed by atoms with Crippen molar-refractivity contribution in [3.8, 4) is 5.69 Å². The number of nitrogens with zero attached hydrogens (tertiary/aromatic N) is 3. The number of hydrogen-bond donors (Lipinski definition) is 0. The Kier molecular flexibility index (Phi) is 3.50. The summed E-state index contributed by atoms with van der Waals surface area (Å²) in [5, 5.41) is 9.27. The molecule has 1 aliphatic carbocycles. The van der Waals surface area contributed by atoms with E-state index >= 15 is 0 Å². The molecule has 1 fully saturated rings. The van der Waals surface area contributed by atoms with E-state index in [1.54, 1.807) is 11.8 Å². The molecule has 0 amide bonds. The Labute approximate surface area is 126 Å². The molecule has 1 unspecified atom stereocenters. The van der Waals surface area contributed by atoms with Gasteiger partial charge in [0, 0.05) is 17.4 Å².